The SMILES string of the molecule is COc1cccc(OC)c1-n1c(NSC(C)C(C)c2ncc(F)cn2)nnc1-c1ccc(C)o1. The Bertz CT molecular complexity index is 1240. The van der Waals surface area contributed by atoms with Crippen molar-refractivity contribution < 1.29 is 18.3 Å². The van der Waals surface area contributed by atoms with Crippen molar-refractivity contribution >= 4 is 17.9 Å². The Kier molecular flexibility index (Phi) is 7.01. The number of furan rings is 1. The summed E-state index contributed by atoms with van der Waals surface area (Å²) in [6, 6.07) is 9.22. The maximum atomic E-state index is 13.2. The average Bonchev–Trinajstić information content (AvgIpc) is 3.47. The number of ether oxygens (including phenoxy) is 2. The van der Waals surface area contributed by atoms with Crippen LogP contribution in [0.3, 0.4) is 0 Å². The Morgan fingerprint density at radius 1 is 1.03 bits per heavy atom. The summed E-state index contributed by atoms with van der Waals surface area (Å²) >= 11 is 1.43. The molecule has 0 spiro atoms. The minimum Gasteiger partial charge on any atom is -0.494 e. The number of anilines is 1. The molecule has 11 heteroatoms. The zero-order chi connectivity index (χ0) is 24.2. The molecule has 1 N–H and O–H groups in total. The molecule has 0 bridgehead atoms. The molecule has 0 saturated carbocycles. The quantitative estimate of drug-likeness (QED) is 0.328. The van der Waals surface area contributed by atoms with Crippen molar-refractivity contribution in [3.63, 3.8) is 0 Å². The molecule has 3 aromatic heterocycles. The van der Waals surface area contributed by atoms with E-state index in [0.717, 1.165) is 5.76 Å². The first-order valence-electron chi connectivity index (χ1n) is 10.6. The van der Waals surface area contributed by atoms with E-state index in [1.165, 1.54) is 24.3 Å². The largest absolute Gasteiger partial charge is 0.494 e. The third-order valence-corrected chi connectivity index (χ3v) is 6.42. The van der Waals surface area contributed by atoms with Gasteiger partial charge in [-0.1, -0.05) is 19.9 Å². The van der Waals surface area contributed by atoms with Crippen LogP contribution < -0.4 is 14.2 Å². The van der Waals surface area contributed by atoms with Gasteiger partial charge in [0.1, 0.15) is 28.8 Å². The van der Waals surface area contributed by atoms with Gasteiger partial charge in [-0.05, 0) is 43.1 Å². The molecule has 178 valence electrons. The maximum Gasteiger partial charge on any atom is 0.239 e. The molecule has 4 aromatic rings. The van der Waals surface area contributed by atoms with Crippen molar-refractivity contribution in [2.75, 3.05) is 18.9 Å². The first kappa shape index (κ1) is 23.6. The summed E-state index contributed by atoms with van der Waals surface area (Å²) in [6.45, 7) is 5.87. The molecule has 9 nitrogen and oxygen atoms in total. The van der Waals surface area contributed by atoms with Crippen LogP contribution in [0.15, 0.2) is 47.1 Å². The van der Waals surface area contributed by atoms with Gasteiger partial charge in [-0.3, -0.25) is 9.29 Å². The summed E-state index contributed by atoms with van der Waals surface area (Å²) in [7, 11) is 3.18. The molecular formula is C23H25FN6O3S. The van der Waals surface area contributed by atoms with Gasteiger partial charge in [0.05, 0.1) is 26.6 Å². The van der Waals surface area contributed by atoms with Gasteiger partial charge in [-0.2, -0.15) is 0 Å². The number of benzene rings is 1. The first-order valence-corrected chi connectivity index (χ1v) is 11.4. The van der Waals surface area contributed by atoms with Crippen LogP contribution in [0, 0.1) is 12.7 Å². The lowest BCUT2D eigenvalue weighted by Gasteiger charge is -2.20. The van der Waals surface area contributed by atoms with E-state index in [1.807, 2.05) is 51.1 Å². The van der Waals surface area contributed by atoms with Gasteiger partial charge < -0.3 is 13.9 Å². The standard InChI is InChI=1S/C23H25FN6O3S/c1-13-9-10-19(33-13)22-27-28-23(30(22)20-17(31-4)7-6-8-18(20)32-5)29-34-15(3)14(2)21-25-11-16(24)12-26-21/h6-12,14-15H,1-5H3,(H,28,29). The normalized spacial score (nSPS) is 12.9. The Morgan fingerprint density at radius 3 is 2.29 bits per heavy atom. The molecule has 0 aliphatic rings. The lowest BCUT2D eigenvalue weighted by atomic mass is 10.1. The van der Waals surface area contributed by atoms with E-state index in [0.29, 0.717) is 40.5 Å². The second kappa shape index (κ2) is 10.1. The van der Waals surface area contributed by atoms with Crippen molar-refractivity contribution in [2.24, 2.45) is 0 Å². The average molecular weight is 485 g/mol. The molecule has 0 amide bonds. The van der Waals surface area contributed by atoms with Gasteiger partial charge in [-0.25, -0.2) is 14.4 Å². The fraction of sp³-hybridized carbons (Fsp3) is 0.304. The highest BCUT2D eigenvalue weighted by atomic mass is 32.2. The molecule has 0 radical (unpaired) electrons. The van der Waals surface area contributed by atoms with Gasteiger partial charge in [0, 0.05) is 11.2 Å². The number of nitrogens with one attached hydrogen (secondary N) is 1. The predicted octanol–water partition coefficient (Wildman–Crippen LogP) is 5.03. The van der Waals surface area contributed by atoms with Crippen molar-refractivity contribution in [3.05, 3.63) is 60.1 Å². The summed E-state index contributed by atoms with van der Waals surface area (Å²) in [4.78, 5) is 8.21. The maximum absolute atomic E-state index is 13.2. The van der Waals surface area contributed by atoms with Crippen molar-refractivity contribution in [2.45, 2.75) is 31.9 Å². The predicted molar refractivity (Wildman–Crippen MR) is 128 cm³/mol. The highest BCUT2D eigenvalue weighted by molar-refractivity contribution is 8.01. The van der Waals surface area contributed by atoms with Gasteiger partial charge in [0.2, 0.25) is 11.8 Å². The van der Waals surface area contributed by atoms with Crippen LogP contribution in [-0.2, 0) is 0 Å². The zero-order valence-corrected chi connectivity index (χ0v) is 20.3. The molecule has 4 rings (SSSR count). The van der Waals surface area contributed by atoms with E-state index in [4.69, 9.17) is 13.9 Å². The van der Waals surface area contributed by atoms with Crippen LogP contribution in [0.2, 0.25) is 0 Å². The molecule has 0 aliphatic heterocycles. The summed E-state index contributed by atoms with van der Waals surface area (Å²) < 4.78 is 35.4. The molecule has 0 saturated heterocycles. The molecule has 2 unspecified atom stereocenters. The summed E-state index contributed by atoms with van der Waals surface area (Å²) in [5.41, 5.74) is 0.632. The third kappa shape index (κ3) is 4.69. The molecule has 0 aliphatic carbocycles. The summed E-state index contributed by atoms with van der Waals surface area (Å²) in [5.74, 6) is 3.45. The first-order chi connectivity index (χ1) is 16.4. The number of nitrogens with zero attached hydrogens (tertiary/aromatic N) is 5. The monoisotopic (exact) mass is 484 g/mol. The Morgan fingerprint density at radius 2 is 1.71 bits per heavy atom. The highest BCUT2D eigenvalue weighted by Crippen LogP contribution is 2.38. The van der Waals surface area contributed by atoms with Crippen molar-refractivity contribution in [1.29, 1.82) is 0 Å². The Balaban J connectivity index is 1.70. The molecular weight excluding hydrogens is 459 g/mol. The fourth-order valence-electron chi connectivity index (χ4n) is 3.34. The number of hydrogen-bond acceptors (Lipinski definition) is 9. The number of rotatable bonds is 9. The number of hydrogen-bond donors (Lipinski definition) is 1. The number of aryl methyl sites for hydroxylation is 1. The van der Waals surface area contributed by atoms with E-state index in [1.54, 1.807) is 18.8 Å². The molecule has 3 heterocycles. The fourth-order valence-corrected chi connectivity index (χ4v) is 4.09. The van der Waals surface area contributed by atoms with Gasteiger partial charge in [-0.15, -0.1) is 10.2 Å². The number of para-hydroxylation sites is 1. The van der Waals surface area contributed by atoms with Gasteiger partial charge in [0.15, 0.2) is 11.6 Å². The van der Waals surface area contributed by atoms with Crippen LogP contribution >= 0.6 is 11.9 Å². The zero-order valence-electron chi connectivity index (χ0n) is 19.4. The number of methoxy groups -OCH3 is 2. The number of halogens is 1. The second-order valence-corrected chi connectivity index (χ2v) is 8.76. The van der Waals surface area contributed by atoms with E-state index < -0.39 is 5.82 Å². The third-order valence-electron chi connectivity index (χ3n) is 5.34. The summed E-state index contributed by atoms with van der Waals surface area (Å²) in [6.07, 6.45) is 2.34. The minimum absolute atomic E-state index is 0.0180. The van der Waals surface area contributed by atoms with E-state index in [2.05, 4.69) is 24.9 Å². The van der Waals surface area contributed by atoms with E-state index in [9.17, 15) is 4.39 Å². The lowest BCUT2D eigenvalue weighted by molar-refractivity contribution is 0.391. The number of aromatic nitrogens is 5. The van der Waals surface area contributed by atoms with Crippen LogP contribution in [0.5, 0.6) is 11.5 Å². The molecule has 2 atom stereocenters. The van der Waals surface area contributed by atoms with Crippen LogP contribution in [0.25, 0.3) is 17.3 Å². The van der Waals surface area contributed by atoms with Gasteiger partial charge >= 0.3 is 0 Å². The van der Waals surface area contributed by atoms with Crippen LogP contribution in [0.1, 0.15) is 31.4 Å². The molecule has 0 fully saturated rings. The Hall–Kier alpha value is -3.60. The van der Waals surface area contributed by atoms with Crippen molar-refractivity contribution in [3.8, 4) is 28.8 Å². The van der Waals surface area contributed by atoms with E-state index in [-0.39, 0.29) is 11.2 Å². The van der Waals surface area contributed by atoms with Gasteiger partial charge in [0.25, 0.3) is 0 Å². The second-order valence-electron chi connectivity index (χ2n) is 7.58. The smallest absolute Gasteiger partial charge is 0.239 e. The minimum atomic E-state index is -0.464. The van der Waals surface area contributed by atoms with Crippen LogP contribution in [0.4, 0.5) is 10.3 Å². The van der Waals surface area contributed by atoms with Crippen LogP contribution in [-0.4, -0.2) is 44.2 Å². The molecule has 34 heavy (non-hydrogen) atoms. The lowest BCUT2D eigenvalue weighted by Crippen LogP contribution is -2.15. The summed E-state index contributed by atoms with van der Waals surface area (Å²) in [5, 5.41) is 8.78. The van der Waals surface area contributed by atoms with E-state index >= 15 is 0 Å². The van der Waals surface area contributed by atoms with Crippen molar-refractivity contribution in [1.82, 2.24) is 24.7 Å². The highest BCUT2D eigenvalue weighted by Gasteiger charge is 2.25. The topological polar surface area (TPSA) is 100 Å². The molecule has 1 aromatic carbocycles. The Labute approximate surface area is 200 Å².